The number of benzene rings is 3. The molecule has 1 radical (unpaired) electrons. The van der Waals surface area contributed by atoms with E-state index in [0.717, 1.165) is 22.4 Å². The van der Waals surface area contributed by atoms with Crippen molar-refractivity contribution >= 4 is 28.5 Å². The molecule has 6 rings (SSSR count). The Morgan fingerprint density at radius 1 is 0.833 bits per heavy atom. The summed E-state index contributed by atoms with van der Waals surface area (Å²) < 4.78 is 3.24. The zero-order valence-electron chi connectivity index (χ0n) is 18.8. The van der Waals surface area contributed by atoms with Crippen molar-refractivity contribution < 1.29 is 0 Å². The lowest BCUT2D eigenvalue weighted by molar-refractivity contribution is 0.888. The highest BCUT2D eigenvalue weighted by Gasteiger charge is 2.18. The molecular formula is C28H18ClN6O. The van der Waals surface area contributed by atoms with Gasteiger partial charge in [-0.15, -0.1) is 0 Å². The number of halogens is 1. The molecule has 0 fully saturated rings. The van der Waals surface area contributed by atoms with Gasteiger partial charge in [-0.25, -0.2) is 14.6 Å². The number of anilines is 1. The van der Waals surface area contributed by atoms with Gasteiger partial charge in [-0.3, -0.25) is 9.36 Å². The van der Waals surface area contributed by atoms with Crippen LogP contribution in [-0.2, 0) is 0 Å². The van der Waals surface area contributed by atoms with Gasteiger partial charge >= 0.3 is 0 Å². The topological polar surface area (TPSA) is 91.6 Å². The fourth-order valence-electron chi connectivity index (χ4n) is 4.08. The van der Waals surface area contributed by atoms with E-state index in [0.29, 0.717) is 33.4 Å². The second-order valence-corrected chi connectivity index (χ2v) is 8.59. The van der Waals surface area contributed by atoms with Gasteiger partial charge in [-0.2, -0.15) is 5.10 Å². The Morgan fingerprint density at radius 3 is 2.28 bits per heavy atom. The first-order chi connectivity index (χ1) is 17.6. The third kappa shape index (κ3) is 3.81. The van der Waals surface area contributed by atoms with E-state index in [2.05, 4.69) is 16.1 Å². The fraction of sp³-hybridized carbons (Fsp3) is 0. The molecule has 2 N–H and O–H groups in total. The van der Waals surface area contributed by atoms with E-state index in [1.165, 1.54) is 0 Å². The molecule has 0 aliphatic rings. The second kappa shape index (κ2) is 8.79. The minimum absolute atomic E-state index is 0.227. The number of fused-ring (bicyclic) bond motifs is 1. The van der Waals surface area contributed by atoms with E-state index >= 15 is 0 Å². The molecule has 3 heterocycles. The molecule has 3 aromatic carbocycles. The summed E-state index contributed by atoms with van der Waals surface area (Å²) in [5.74, 6) is 0.950. The number of nitrogens with two attached hydrogens (primary N) is 1. The summed E-state index contributed by atoms with van der Waals surface area (Å²) in [5, 5.41) is 5.44. The molecule has 0 atom stereocenters. The standard InChI is InChI=1S/C28H18ClN6O/c29-21-11-13-22(14-12-21)34-26(19-8-6-18(7-9-19)20-10-15-25(30)31-16-20)33-27-24(28(34)36)17-32-35(27)23-4-2-1-3-5-23/h1-2,4-17H,(H2,30,31). The van der Waals surface area contributed by atoms with Crippen LogP contribution in [0.25, 0.3) is 44.9 Å². The van der Waals surface area contributed by atoms with Gasteiger partial charge in [0.15, 0.2) is 5.65 Å². The summed E-state index contributed by atoms with van der Waals surface area (Å²) in [6.07, 6.45) is 3.28. The maximum Gasteiger partial charge on any atom is 0.269 e. The molecule has 7 nitrogen and oxygen atoms in total. The van der Waals surface area contributed by atoms with Gasteiger partial charge in [0.25, 0.3) is 5.56 Å². The number of hydrogen-bond donors (Lipinski definition) is 1. The lowest BCUT2D eigenvalue weighted by Gasteiger charge is -2.14. The van der Waals surface area contributed by atoms with E-state index in [-0.39, 0.29) is 5.56 Å². The average Bonchev–Trinajstić information content (AvgIpc) is 3.35. The van der Waals surface area contributed by atoms with Gasteiger partial charge < -0.3 is 5.73 Å². The van der Waals surface area contributed by atoms with Crippen LogP contribution >= 0.6 is 11.6 Å². The van der Waals surface area contributed by atoms with E-state index in [1.54, 1.807) is 64.1 Å². The molecule has 0 amide bonds. The van der Waals surface area contributed by atoms with Crippen molar-refractivity contribution in [2.24, 2.45) is 0 Å². The zero-order chi connectivity index (χ0) is 24.6. The molecule has 0 saturated carbocycles. The lowest BCUT2D eigenvalue weighted by atomic mass is 10.0. The van der Waals surface area contributed by atoms with Crippen molar-refractivity contribution in [2.75, 3.05) is 5.73 Å². The number of nitrogens with zero attached hydrogens (tertiary/aromatic N) is 5. The van der Waals surface area contributed by atoms with E-state index < -0.39 is 0 Å². The van der Waals surface area contributed by atoms with Gasteiger partial charge in [0.1, 0.15) is 17.0 Å². The predicted molar refractivity (Wildman–Crippen MR) is 141 cm³/mol. The van der Waals surface area contributed by atoms with Crippen LogP contribution in [0.3, 0.4) is 0 Å². The van der Waals surface area contributed by atoms with Crippen molar-refractivity contribution in [2.45, 2.75) is 0 Å². The highest BCUT2D eigenvalue weighted by molar-refractivity contribution is 6.30. The molecular weight excluding hydrogens is 472 g/mol. The lowest BCUT2D eigenvalue weighted by Crippen LogP contribution is -2.22. The van der Waals surface area contributed by atoms with Crippen molar-refractivity contribution in [3.05, 3.63) is 119 Å². The molecule has 3 aromatic heterocycles. The third-order valence-electron chi connectivity index (χ3n) is 5.88. The number of hydrogen-bond acceptors (Lipinski definition) is 5. The van der Waals surface area contributed by atoms with Crippen LogP contribution in [0.1, 0.15) is 0 Å². The zero-order valence-corrected chi connectivity index (χ0v) is 19.6. The molecule has 0 saturated heterocycles. The molecule has 36 heavy (non-hydrogen) atoms. The second-order valence-electron chi connectivity index (χ2n) is 8.16. The maximum absolute atomic E-state index is 13.8. The van der Waals surface area contributed by atoms with Crippen LogP contribution in [0.2, 0.25) is 5.02 Å². The van der Waals surface area contributed by atoms with Gasteiger partial charge in [-0.1, -0.05) is 48.0 Å². The van der Waals surface area contributed by atoms with Crippen molar-refractivity contribution in [3.8, 4) is 33.9 Å². The number of aromatic nitrogens is 5. The minimum atomic E-state index is -0.227. The van der Waals surface area contributed by atoms with Crippen molar-refractivity contribution in [1.29, 1.82) is 0 Å². The average molecular weight is 490 g/mol. The summed E-state index contributed by atoms with van der Waals surface area (Å²) >= 11 is 6.12. The SMILES string of the molecule is Nc1ccc(-c2ccc(-c3nc4c(cnn4-c4c[c]ccc4)c(=O)n3-c3ccc(Cl)cc3)cc2)cn1. The maximum atomic E-state index is 13.8. The van der Waals surface area contributed by atoms with E-state index in [1.807, 2.05) is 42.5 Å². The first kappa shape index (κ1) is 21.8. The van der Waals surface area contributed by atoms with Crippen LogP contribution in [-0.4, -0.2) is 24.3 Å². The Hall–Kier alpha value is -4.75. The third-order valence-corrected chi connectivity index (χ3v) is 6.14. The highest BCUT2D eigenvalue weighted by atomic mass is 35.5. The molecule has 0 spiro atoms. The Balaban J connectivity index is 1.57. The van der Waals surface area contributed by atoms with Gasteiger partial charge in [0, 0.05) is 22.3 Å². The van der Waals surface area contributed by atoms with Crippen LogP contribution < -0.4 is 11.3 Å². The molecule has 0 aliphatic heterocycles. The van der Waals surface area contributed by atoms with Crippen LogP contribution in [0.5, 0.6) is 0 Å². The Kier molecular flexibility index (Phi) is 5.32. The van der Waals surface area contributed by atoms with Crippen LogP contribution in [0.4, 0.5) is 5.82 Å². The van der Waals surface area contributed by atoms with Crippen LogP contribution in [0.15, 0.2) is 102 Å². The summed E-state index contributed by atoms with van der Waals surface area (Å²) in [6.45, 7) is 0. The highest BCUT2D eigenvalue weighted by Crippen LogP contribution is 2.27. The Bertz CT molecular complexity index is 1740. The molecule has 0 bridgehead atoms. The molecule has 6 aromatic rings. The largest absolute Gasteiger partial charge is 0.384 e. The van der Waals surface area contributed by atoms with Crippen molar-refractivity contribution in [3.63, 3.8) is 0 Å². The van der Waals surface area contributed by atoms with Gasteiger partial charge in [0.2, 0.25) is 0 Å². The van der Waals surface area contributed by atoms with Gasteiger partial charge in [-0.05, 0) is 60.2 Å². The summed E-state index contributed by atoms with van der Waals surface area (Å²) in [7, 11) is 0. The molecule has 0 aliphatic carbocycles. The monoisotopic (exact) mass is 489 g/mol. The number of nitrogen functional groups attached to an aromatic ring is 1. The number of pyridine rings is 1. The van der Waals surface area contributed by atoms with Crippen molar-refractivity contribution in [1.82, 2.24) is 24.3 Å². The molecule has 8 heteroatoms. The Labute approximate surface area is 211 Å². The predicted octanol–water partition coefficient (Wildman–Crippen LogP) is 5.34. The summed E-state index contributed by atoms with van der Waals surface area (Å²) in [5.41, 5.74) is 10.1. The normalized spacial score (nSPS) is 11.1. The number of rotatable bonds is 4. The summed E-state index contributed by atoms with van der Waals surface area (Å²) in [6, 6.07) is 29.0. The quantitative estimate of drug-likeness (QED) is 0.361. The van der Waals surface area contributed by atoms with E-state index in [9.17, 15) is 4.79 Å². The fourth-order valence-corrected chi connectivity index (χ4v) is 4.21. The molecule has 0 unspecified atom stereocenters. The first-order valence-corrected chi connectivity index (χ1v) is 11.5. The molecule has 173 valence electrons. The summed E-state index contributed by atoms with van der Waals surface area (Å²) in [4.78, 5) is 22.9. The van der Waals surface area contributed by atoms with Crippen LogP contribution in [0, 0.1) is 6.07 Å². The van der Waals surface area contributed by atoms with E-state index in [4.69, 9.17) is 22.3 Å². The Morgan fingerprint density at radius 2 is 1.58 bits per heavy atom. The first-order valence-electron chi connectivity index (χ1n) is 11.1. The van der Waals surface area contributed by atoms with Gasteiger partial charge in [0.05, 0.1) is 17.6 Å². The minimum Gasteiger partial charge on any atom is -0.384 e. The smallest absolute Gasteiger partial charge is 0.269 e.